The number of hydrogen-bond donors (Lipinski definition) is 0. The minimum atomic E-state index is 0. The van der Waals surface area contributed by atoms with Crippen LogP contribution >= 0.6 is 0 Å². The number of imidazole rings is 3. The first-order chi connectivity index (χ1) is 25.6. The smallest absolute Gasteiger partial charge is 0.110 e. The van der Waals surface area contributed by atoms with Crippen molar-refractivity contribution < 1.29 is 32.7 Å². The normalized spacial score (nSPS) is 11.5. The molecule has 11 heteroatoms. The molecule has 0 aliphatic heterocycles. The molecule has 0 aliphatic rings. The van der Waals surface area contributed by atoms with E-state index in [4.69, 9.17) is 5.73 Å². The van der Waals surface area contributed by atoms with Crippen LogP contribution in [0, 0.1) is 30.9 Å². The molecule has 0 saturated heterocycles. The standard InChI is InChI=1S/C15H17N3.C14H15N4.C14H14N3.Y/c1-10(2)8-18-9-16-14-11(3)17-13-7-5-4-6-12(13)15(14)18;1-9(2)7-18-8-16-12-13(18)10-5-3-4-6-11(10)17-14(12)15;1-10(2)8-17-9-16-13-7-15-12-6-4-3-5-11(12)14(13)17;/h4-7,9-10H,8H2,1-3H3;3-6,8-9H,7H2,1-2H3,(H-,15,17);3-6,9-10H,8H2,1-2H3;/q;2*-1;. The Morgan fingerprint density at radius 2 is 0.981 bits per heavy atom. The van der Waals surface area contributed by atoms with Crippen LogP contribution in [0.15, 0.2) is 91.8 Å². The molecule has 3 aromatic carbocycles. The van der Waals surface area contributed by atoms with Crippen LogP contribution in [0.25, 0.3) is 71.5 Å². The third kappa shape index (κ3) is 8.00. The maximum Gasteiger partial charge on any atom is 0.110 e. The third-order valence-electron chi connectivity index (χ3n) is 9.05. The van der Waals surface area contributed by atoms with E-state index in [2.05, 4.69) is 116 Å². The van der Waals surface area contributed by atoms with E-state index in [1.54, 1.807) is 0 Å². The van der Waals surface area contributed by atoms with Crippen molar-refractivity contribution >= 4 is 71.6 Å². The van der Waals surface area contributed by atoms with Gasteiger partial charge in [0.25, 0.3) is 0 Å². The Morgan fingerprint density at radius 1 is 0.556 bits per heavy atom. The molecule has 10 nitrogen and oxygen atoms in total. The van der Waals surface area contributed by atoms with E-state index in [9.17, 15) is 0 Å². The summed E-state index contributed by atoms with van der Waals surface area (Å²) in [5.74, 6) is 2.00. The largest absolute Gasteiger partial charge is 0.480 e. The molecule has 9 aromatic rings. The van der Waals surface area contributed by atoms with Crippen LogP contribution in [0.2, 0.25) is 0 Å². The van der Waals surface area contributed by atoms with Gasteiger partial charge in [0.1, 0.15) is 5.52 Å². The van der Waals surface area contributed by atoms with Crippen LogP contribution in [0.1, 0.15) is 47.2 Å². The SMILES string of the molecule is CC(C)Cn1cnc2[c-]nc3ccccc3c21.CC(C)Cn1cnc2c([NH-])nc3ccccc3c21.Cc1nc2ccccc2c2c1ncn2CC(C)C.[Y]. The molecule has 9 rings (SSSR count). The van der Waals surface area contributed by atoms with E-state index < -0.39 is 0 Å². The van der Waals surface area contributed by atoms with Gasteiger partial charge in [-0.3, -0.25) is 9.97 Å². The number of nitrogens with zero attached hydrogens (tertiary/aromatic N) is 9. The molecule has 1 N–H and O–H groups in total. The Morgan fingerprint density at radius 3 is 1.54 bits per heavy atom. The van der Waals surface area contributed by atoms with Gasteiger partial charge < -0.3 is 29.4 Å². The van der Waals surface area contributed by atoms with Crippen LogP contribution < -0.4 is 0 Å². The molecular weight excluding hydrogens is 745 g/mol. The molecule has 6 aromatic heterocycles. The predicted octanol–water partition coefficient (Wildman–Crippen LogP) is 10.5. The van der Waals surface area contributed by atoms with Gasteiger partial charge in [0.2, 0.25) is 0 Å². The summed E-state index contributed by atoms with van der Waals surface area (Å²) < 4.78 is 6.57. The van der Waals surface area contributed by atoms with Crippen molar-refractivity contribution in [3.05, 3.63) is 109 Å². The Kier molecular flexibility index (Phi) is 12.0. The molecule has 0 amide bonds. The number of hydrogen-bond acceptors (Lipinski definition) is 6. The van der Waals surface area contributed by atoms with Gasteiger partial charge in [-0.2, -0.15) is 0 Å². The summed E-state index contributed by atoms with van der Waals surface area (Å²) in [6, 6.07) is 24.4. The van der Waals surface area contributed by atoms with Gasteiger partial charge in [-0.1, -0.05) is 120 Å². The minimum Gasteiger partial charge on any atom is -0.480 e. The molecule has 0 atom stereocenters. The molecule has 0 fully saturated rings. The number of benzene rings is 3. The minimum absolute atomic E-state index is 0. The second kappa shape index (κ2) is 16.7. The van der Waals surface area contributed by atoms with Gasteiger partial charge in [0.15, 0.2) is 0 Å². The molecular formula is C43H46N10Y-2. The van der Waals surface area contributed by atoms with Gasteiger partial charge in [0.05, 0.1) is 46.7 Å². The van der Waals surface area contributed by atoms with E-state index in [-0.39, 0.29) is 38.5 Å². The Hall–Kier alpha value is -4.80. The van der Waals surface area contributed by atoms with E-state index in [1.807, 2.05) is 74.4 Å². The Bertz CT molecular complexity index is 2560. The summed E-state index contributed by atoms with van der Waals surface area (Å²) in [7, 11) is 0. The molecule has 273 valence electrons. The van der Waals surface area contributed by atoms with Crippen molar-refractivity contribution in [2.24, 2.45) is 17.8 Å². The van der Waals surface area contributed by atoms with Gasteiger partial charge in [-0.25, -0.2) is 9.97 Å². The predicted molar refractivity (Wildman–Crippen MR) is 217 cm³/mol. The van der Waals surface area contributed by atoms with Gasteiger partial charge in [-0.05, 0) is 58.6 Å². The quantitative estimate of drug-likeness (QED) is 0.155. The first-order valence-electron chi connectivity index (χ1n) is 18.4. The average Bonchev–Trinajstić information content (AvgIpc) is 3.87. The van der Waals surface area contributed by atoms with Crippen molar-refractivity contribution in [3.8, 4) is 0 Å². The van der Waals surface area contributed by atoms with E-state index in [1.165, 1.54) is 10.9 Å². The summed E-state index contributed by atoms with van der Waals surface area (Å²) in [6.07, 6.45) is 8.64. The van der Waals surface area contributed by atoms with Crippen molar-refractivity contribution in [1.82, 2.24) is 43.6 Å². The summed E-state index contributed by atoms with van der Waals surface area (Å²) >= 11 is 0. The summed E-state index contributed by atoms with van der Waals surface area (Å²) in [4.78, 5) is 26.4. The number of pyridine rings is 3. The third-order valence-corrected chi connectivity index (χ3v) is 9.05. The molecule has 6 heterocycles. The second-order valence-electron chi connectivity index (χ2n) is 14.9. The zero-order chi connectivity index (χ0) is 37.2. The number of fused-ring (bicyclic) bond motifs is 9. The average molecular weight is 792 g/mol. The number of aromatic nitrogens is 9. The maximum absolute atomic E-state index is 7.95. The van der Waals surface area contributed by atoms with Gasteiger partial charge in [0, 0.05) is 63.1 Å². The van der Waals surface area contributed by atoms with Crippen LogP contribution in [0.4, 0.5) is 5.82 Å². The van der Waals surface area contributed by atoms with E-state index in [0.29, 0.717) is 23.3 Å². The number of aryl methyl sites for hydroxylation is 1. The molecule has 0 bridgehead atoms. The first kappa shape index (κ1) is 38.9. The van der Waals surface area contributed by atoms with Crippen LogP contribution in [0.3, 0.4) is 0 Å². The zero-order valence-corrected chi connectivity index (χ0v) is 35.0. The Balaban J connectivity index is 0.000000137. The topological polar surface area (TPSA) is 116 Å². The Labute approximate surface area is 341 Å². The summed E-state index contributed by atoms with van der Waals surface area (Å²) in [5, 5.41) is 3.41. The fraction of sp³-hybridized carbons (Fsp3) is 0.302. The fourth-order valence-electron chi connectivity index (χ4n) is 6.94. The van der Waals surface area contributed by atoms with E-state index >= 15 is 0 Å². The van der Waals surface area contributed by atoms with Crippen molar-refractivity contribution in [2.45, 2.75) is 68.1 Å². The second-order valence-corrected chi connectivity index (χ2v) is 14.9. The van der Waals surface area contributed by atoms with Crippen LogP contribution in [-0.4, -0.2) is 43.6 Å². The zero-order valence-electron chi connectivity index (χ0n) is 32.1. The van der Waals surface area contributed by atoms with Crippen molar-refractivity contribution in [2.75, 3.05) is 0 Å². The number of rotatable bonds is 6. The molecule has 1 radical (unpaired) electrons. The van der Waals surface area contributed by atoms with Gasteiger partial charge >= 0.3 is 0 Å². The maximum atomic E-state index is 7.95. The molecule has 0 unspecified atom stereocenters. The van der Waals surface area contributed by atoms with Crippen LogP contribution in [0.5, 0.6) is 0 Å². The number of para-hydroxylation sites is 3. The molecule has 0 aliphatic carbocycles. The molecule has 0 saturated carbocycles. The van der Waals surface area contributed by atoms with E-state index in [0.717, 1.165) is 74.7 Å². The fourth-order valence-corrected chi connectivity index (χ4v) is 6.94. The molecule has 54 heavy (non-hydrogen) atoms. The van der Waals surface area contributed by atoms with Crippen LogP contribution in [-0.2, 0) is 52.3 Å². The monoisotopic (exact) mass is 791 g/mol. The number of nitrogens with one attached hydrogen (secondary N) is 1. The summed E-state index contributed by atoms with van der Waals surface area (Å²) in [5.41, 5.74) is 17.8. The molecule has 0 spiro atoms. The van der Waals surface area contributed by atoms with Gasteiger partial charge in [-0.15, -0.1) is 0 Å². The van der Waals surface area contributed by atoms with Crippen molar-refractivity contribution in [3.63, 3.8) is 0 Å². The summed E-state index contributed by atoms with van der Waals surface area (Å²) in [6.45, 7) is 18.1. The first-order valence-corrected chi connectivity index (χ1v) is 18.4. The van der Waals surface area contributed by atoms with Crippen molar-refractivity contribution in [1.29, 1.82) is 0 Å².